The highest BCUT2D eigenvalue weighted by atomic mass is 32.2. The highest BCUT2D eigenvalue weighted by Crippen LogP contribution is 2.41. The predicted molar refractivity (Wildman–Crippen MR) is 126 cm³/mol. The average Bonchev–Trinajstić information content (AvgIpc) is 3.33. The third-order valence-corrected chi connectivity index (χ3v) is 6.62. The fourth-order valence-corrected chi connectivity index (χ4v) is 5.06. The molecule has 0 saturated heterocycles. The maximum Gasteiger partial charge on any atom is 0.265 e. The molecule has 2 aromatic heterocycles. The van der Waals surface area contributed by atoms with Crippen LogP contribution in [0.25, 0.3) is 28.3 Å². The van der Waals surface area contributed by atoms with Gasteiger partial charge in [-0.25, -0.2) is 14.0 Å². The molecule has 3 aromatic carbocycles. The van der Waals surface area contributed by atoms with E-state index in [0.29, 0.717) is 33.5 Å². The summed E-state index contributed by atoms with van der Waals surface area (Å²) in [5, 5.41) is 0.600. The lowest BCUT2D eigenvalue weighted by Crippen LogP contribution is -2.17. The van der Waals surface area contributed by atoms with Gasteiger partial charge in [0.1, 0.15) is 5.03 Å². The highest BCUT2D eigenvalue weighted by Gasteiger charge is 2.34. The standard InChI is InChI=1S/C26H17N3O2S/c30-22-15-21(32-16-17-9-3-1-4-10-17)27-26-28(22)23(18-11-5-2-6-12-18)24-19-13-7-8-14-20(19)25(31)29(24)26/h1-15H,16H2. The minimum atomic E-state index is -0.198. The molecule has 0 saturated carbocycles. The van der Waals surface area contributed by atoms with E-state index < -0.39 is 0 Å². The maximum absolute atomic E-state index is 13.3. The van der Waals surface area contributed by atoms with E-state index in [4.69, 9.17) is 4.98 Å². The van der Waals surface area contributed by atoms with Crippen molar-refractivity contribution < 1.29 is 4.79 Å². The summed E-state index contributed by atoms with van der Waals surface area (Å²) in [6.45, 7) is 0. The third-order valence-electron chi connectivity index (χ3n) is 5.64. The van der Waals surface area contributed by atoms with Crippen LogP contribution in [-0.4, -0.2) is 19.9 Å². The molecule has 0 fully saturated rings. The number of thioether (sulfide) groups is 1. The Morgan fingerprint density at radius 1 is 0.750 bits per heavy atom. The Morgan fingerprint density at radius 2 is 1.41 bits per heavy atom. The number of hydrogen-bond donors (Lipinski definition) is 0. The van der Waals surface area contributed by atoms with Crippen molar-refractivity contribution in [1.29, 1.82) is 0 Å². The zero-order valence-corrected chi connectivity index (χ0v) is 17.8. The van der Waals surface area contributed by atoms with Crippen LogP contribution < -0.4 is 5.56 Å². The largest absolute Gasteiger partial charge is 0.269 e. The molecule has 0 spiro atoms. The molecule has 6 rings (SSSR count). The number of aromatic nitrogens is 3. The number of carbonyl (C=O) groups excluding carboxylic acids is 1. The fraction of sp³-hybridized carbons (Fsp3) is 0.0385. The number of imidazole rings is 1. The Kier molecular flexibility index (Phi) is 4.33. The summed E-state index contributed by atoms with van der Waals surface area (Å²) in [5.41, 5.74) is 4.66. The van der Waals surface area contributed by atoms with Crippen molar-refractivity contribution in [2.45, 2.75) is 10.8 Å². The van der Waals surface area contributed by atoms with Crippen molar-refractivity contribution >= 4 is 23.4 Å². The van der Waals surface area contributed by atoms with Gasteiger partial charge in [-0.2, -0.15) is 0 Å². The van der Waals surface area contributed by atoms with Gasteiger partial charge >= 0.3 is 0 Å². The number of carbonyl (C=O) groups is 1. The van der Waals surface area contributed by atoms with Gasteiger partial charge in [-0.15, -0.1) is 11.8 Å². The molecular formula is C26H17N3O2S. The van der Waals surface area contributed by atoms with Crippen LogP contribution in [0.4, 0.5) is 0 Å². The molecule has 0 radical (unpaired) electrons. The van der Waals surface area contributed by atoms with Crippen LogP contribution in [0.3, 0.4) is 0 Å². The van der Waals surface area contributed by atoms with Crippen molar-refractivity contribution in [2.24, 2.45) is 0 Å². The van der Waals surface area contributed by atoms with E-state index in [1.165, 1.54) is 11.8 Å². The van der Waals surface area contributed by atoms with Crippen molar-refractivity contribution in [2.75, 3.05) is 0 Å². The van der Waals surface area contributed by atoms with Gasteiger partial charge in [0.15, 0.2) is 0 Å². The zero-order valence-electron chi connectivity index (χ0n) is 16.9. The molecule has 154 valence electrons. The minimum Gasteiger partial charge on any atom is -0.269 e. The predicted octanol–water partition coefficient (Wildman–Crippen LogP) is 5.12. The van der Waals surface area contributed by atoms with E-state index in [1.807, 2.05) is 84.9 Å². The molecule has 0 atom stereocenters. The van der Waals surface area contributed by atoms with Crippen LogP contribution in [0.2, 0.25) is 0 Å². The van der Waals surface area contributed by atoms with Gasteiger partial charge < -0.3 is 0 Å². The molecule has 0 amide bonds. The molecule has 1 aliphatic heterocycles. The first kappa shape index (κ1) is 18.8. The molecule has 1 aliphatic rings. The van der Waals surface area contributed by atoms with E-state index in [-0.39, 0.29) is 11.5 Å². The van der Waals surface area contributed by atoms with E-state index in [1.54, 1.807) is 15.0 Å². The van der Waals surface area contributed by atoms with Gasteiger partial charge in [0.25, 0.3) is 11.5 Å². The number of hydrogen-bond acceptors (Lipinski definition) is 4. The Labute approximate surface area is 188 Å². The number of benzene rings is 3. The van der Waals surface area contributed by atoms with Crippen LogP contribution in [0, 0.1) is 0 Å². The SMILES string of the molecule is O=C1c2ccccc2-c2c(-c3ccccc3)n3c(=O)cc(SCc4ccccc4)nc3n21. The van der Waals surface area contributed by atoms with E-state index in [0.717, 1.165) is 16.7 Å². The van der Waals surface area contributed by atoms with E-state index >= 15 is 0 Å². The van der Waals surface area contributed by atoms with Gasteiger partial charge in [-0.3, -0.25) is 9.59 Å². The lowest BCUT2D eigenvalue weighted by molar-refractivity contribution is 0.0972. The van der Waals surface area contributed by atoms with Crippen molar-refractivity contribution in [3.05, 3.63) is 112 Å². The Morgan fingerprint density at radius 3 is 2.16 bits per heavy atom. The Hall–Kier alpha value is -3.90. The number of nitrogens with zero attached hydrogens (tertiary/aromatic N) is 3. The second-order valence-corrected chi connectivity index (χ2v) is 8.59. The Bertz CT molecular complexity index is 1550. The number of rotatable bonds is 4. The maximum atomic E-state index is 13.3. The molecule has 0 unspecified atom stereocenters. The van der Waals surface area contributed by atoms with Gasteiger partial charge in [-0.1, -0.05) is 78.9 Å². The number of fused-ring (bicyclic) bond motifs is 5. The molecule has 0 aliphatic carbocycles. The van der Waals surface area contributed by atoms with Gasteiger partial charge in [0.05, 0.1) is 11.4 Å². The molecule has 5 nitrogen and oxygen atoms in total. The molecule has 5 aromatic rings. The molecule has 3 heterocycles. The van der Waals surface area contributed by atoms with Gasteiger partial charge in [-0.05, 0) is 11.6 Å². The lowest BCUT2D eigenvalue weighted by Gasteiger charge is -2.06. The van der Waals surface area contributed by atoms with Crippen LogP contribution in [0.5, 0.6) is 0 Å². The molecule has 6 heteroatoms. The first-order chi connectivity index (χ1) is 15.7. The Balaban J connectivity index is 1.59. The van der Waals surface area contributed by atoms with Crippen molar-refractivity contribution in [1.82, 2.24) is 14.0 Å². The summed E-state index contributed by atoms with van der Waals surface area (Å²) in [6, 6.07) is 28.8. The van der Waals surface area contributed by atoms with Crippen LogP contribution in [0.1, 0.15) is 15.9 Å². The van der Waals surface area contributed by atoms with Crippen LogP contribution in [-0.2, 0) is 5.75 Å². The highest BCUT2D eigenvalue weighted by molar-refractivity contribution is 7.98. The molecule has 0 N–H and O–H groups in total. The summed E-state index contributed by atoms with van der Waals surface area (Å²) in [4.78, 5) is 31.4. The smallest absolute Gasteiger partial charge is 0.265 e. The normalized spacial score (nSPS) is 12.2. The topological polar surface area (TPSA) is 56.4 Å². The van der Waals surface area contributed by atoms with Crippen LogP contribution >= 0.6 is 11.8 Å². The zero-order chi connectivity index (χ0) is 21.7. The fourth-order valence-electron chi connectivity index (χ4n) is 4.23. The summed E-state index contributed by atoms with van der Waals surface area (Å²) in [7, 11) is 0. The van der Waals surface area contributed by atoms with Crippen LogP contribution in [0.15, 0.2) is 101 Å². The molecule has 0 bridgehead atoms. The summed E-state index contributed by atoms with van der Waals surface area (Å²) >= 11 is 1.49. The summed E-state index contributed by atoms with van der Waals surface area (Å²) in [5.74, 6) is 0.881. The second kappa shape index (κ2) is 7.35. The van der Waals surface area contributed by atoms with Crippen molar-refractivity contribution in [3.63, 3.8) is 0 Å². The quantitative estimate of drug-likeness (QED) is 0.285. The summed E-state index contributed by atoms with van der Waals surface area (Å²) in [6.07, 6.45) is 0. The van der Waals surface area contributed by atoms with Crippen molar-refractivity contribution in [3.8, 4) is 22.5 Å². The third kappa shape index (κ3) is 2.84. The second-order valence-electron chi connectivity index (χ2n) is 7.59. The minimum absolute atomic E-state index is 0.160. The molecule has 32 heavy (non-hydrogen) atoms. The monoisotopic (exact) mass is 435 g/mol. The van der Waals surface area contributed by atoms with Gasteiger partial charge in [0, 0.05) is 28.5 Å². The van der Waals surface area contributed by atoms with Gasteiger partial charge in [0.2, 0.25) is 5.78 Å². The van der Waals surface area contributed by atoms with E-state index in [2.05, 4.69) is 0 Å². The first-order valence-electron chi connectivity index (χ1n) is 10.3. The van der Waals surface area contributed by atoms with E-state index in [9.17, 15) is 9.59 Å². The first-order valence-corrected chi connectivity index (χ1v) is 11.3. The average molecular weight is 436 g/mol. The molecular weight excluding hydrogens is 418 g/mol. The summed E-state index contributed by atoms with van der Waals surface area (Å²) < 4.78 is 3.14. The lowest BCUT2D eigenvalue weighted by atomic mass is 10.0.